The highest BCUT2D eigenvalue weighted by Gasteiger charge is 2.43. The lowest BCUT2D eigenvalue weighted by Crippen LogP contribution is -2.55. The van der Waals surface area contributed by atoms with E-state index < -0.39 is 11.5 Å². The first-order valence-electron chi connectivity index (χ1n) is 6.81. The number of carbonyl (C=O) groups excluding carboxylic acids is 1. The number of carbonyl (C=O) groups is 2. The van der Waals surface area contributed by atoms with Crippen molar-refractivity contribution in [2.24, 2.45) is 0 Å². The van der Waals surface area contributed by atoms with Crippen LogP contribution in [0, 0.1) is 0 Å². The number of methoxy groups -OCH3 is 1. The smallest absolute Gasteiger partial charge is 0.331 e. The topological polar surface area (TPSA) is 84.9 Å². The summed E-state index contributed by atoms with van der Waals surface area (Å²) >= 11 is 0. The number of hydrogen-bond acceptors (Lipinski definition) is 4. The molecule has 2 N–H and O–H groups in total. The minimum atomic E-state index is -1.27. The molecule has 6 heteroatoms. The van der Waals surface area contributed by atoms with Crippen LogP contribution in [0.4, 0.5) is 0 Å². The first kappa shape index (κ1) is 15.3. The van der Waals surface area contributed by atoms with Gasteiger partial charge in [-0.05, 0) is 24.1 Å². The fraction of sp³-hybridized carbons (Fsp3) is 0.467. The van der Waals surface area contributed by atoms with Gasteiger partial charge in [0.25, 0.3) is 0 Å². The van der Waals surface area contributed by atoms with Crippen molar-refractivity contribution in [3.8, 4) is 5.75 Å². The van der Waals surface area contributed by atoms with Crippen LogP contribution in [0.5, 0.6) is 5.75 Å². The molecule has 1 aromatic rings. The van der Waals surface area contributed by atoms with E-state index in [0.29, 0.717) is 19.4 Å². The van der Waals surface area contributed by atoms with Gasteiger partial charge >= 0.3 is 5.97 Å². The molecular formula is C15H19NO5. The fourth-order valence-corrected chi connectivity index (χ4v) is 2.30. The van der Waals surface area contributed by atoms with Crippen molar-refractivity contribution >= 4 is 11.9 Å². The summed E-state index contributed by atoms with van der Waals surface area (Å²) in [7, 11) is 1.59. The van der Waals surface area contributed by atoms with Crippen molar-refractivity contribution < 1.29 is 24.2 Å². The van der Waals surface area contributed by atoms with E-state index in [2.05, 4.69) is 5.32 Å². The minimum Gasteiger partial charge on any atom is -0.497 e. The molecular weight excluding hydrogens is 274 g/mol. The van der Waals surface area contributed by atoms with Crippen LogP contribution in [0.15, 0.2) is 24.3 Å². The molecule has 0 aromatic heterocycles. The van der Waals surface area contributed by atoms with Gasteiger partial charge in [0.15, 0.2) is 5.54 Å². The molecule has 0 bridgehead atoms. The lowest BCUT2D eigenvalue weighted by Gasteiger charge is -2.23. The Morgan fingerprint density at radius 3 is 2.90 bits per heavy atom. The zero-order valence-corrected chi connectivity index (χ0v) is 11.9. The van der Waals surface area contributed by atoms with Crippen molar-refractivity contribution in [3.05, 3.63) is 29.8 Å². The van der Waals surface area contributed by atoms with Crippen molar-refractivity contribution in [2.45, 2.75) is 24.8 Å². The highest BCUT2D eigenvalue weighted by Crippen LogP contribution is 2.19. The van der Waals surface area contributed by atoms with Crippen LogP contribution in [-0.4, -0.2) is 42.8 Å². The van der Waals surface area contributed by atoms with Crippen LogP contribution in [0.3, 0.4) is 0 Å². The summed E-state index contributed by atoms with van der Waals surface area (Å²) in [6, 6.07) is 7.45. The predicted molar refractivity (Wildman–Crippen MR) is 75.3 cm³/mol. The number of ether oxygens (including phenoxy) is 2. The Balaban J connectivity index is 1.91. The molecule has 0 spiro atoms. The molecule has 0 saturated carbocycles. The number of aryl methyl sites for hydroxylation is 1. The number of carboxylic acids is 1. The summed E-state index contributed by atoms with van der Waals surface area (Å²) in [6.07, 6.45) is 1.05. The highest BCUT2D eigenvalue weighted by molar-refractivity contribution is 5.87. The molecule has 114 valence electrons. The molecule has 1 amide bonds. The van der Waals surface area contributed by atoms with E-state index in [4.69, 9.17) is 9.47 Å². The molecule has 1 aliphatic rings. The van der Waals surface area contributed by atoms with Crippen LogP contribution in [0.25, 0.3) is 0 Å². The van der Waals surface area contributed by atoms with Gasteiger partial charge in [-0.25, -0.2) is 4.79 Å². The number of aliphatic carboxylic acids is 1. The average molecular weight is 293 g/mol. The maximum Gasteiger partial charge on any atom is 0.331 e. The van der Waals surface area contributed by atoms with Crippen LogP contribution in [0.2, 0.25) is 0 Å². The van der Waals surface area contributed by atoms with E-state index in [0.717, 1.165) is 11.3 Å². The van der Waals surface area contributed by atoms with E-state index >= 15 is 0 Å². The van der Waals surface area contributed by atoms with E-state index in [9.17, 15) is 14.7 Å². The zero-order chi connectivity index (χ0) is 15.3. The van der Waals surface area contributed by atoms with Gasteiger partial charge in [-0.15, -0.1) is 0 Å². The molecule has 1 fully saturated rings. The number of hydrogen-bond donors (Lipinski definition) is 2. The maximum atomic E-state index is 12.0. The third kappa shape index (κ3) is 3.72. The summed E-state index contributed by atoms with van der Waals surface area (Å²) in [5.41, 5.74) is -0.303. The van der Waals surface area contributed by atoms with Gasteiger partial charge in [0.2, 0.25) is 5.91 Å². The molecule has 2 rings (SSSR count). The monoisotopic (exact) mass is 293 g/mol. The molecule has 1 aliphatic heterocycles. The predicted octanol–water partition coefficient (Wildman–Crippen LogP) is 0.988. The number of rotatable bonds is 6. The third-order valence-corrected chi connectivity index (χ3v) is 3.58. The van der Waals surface area contributed by atoms with E-state index in [1.807, 2.05) is 24.3 Å². The number of amides is 1. The van der Waals surface area contributed by atoms with Crippen molar-refractivity contribution in [1.29, 1.82) is 0 Å². The number of carboxylic acid groups (broad SMARTS) is 1. The van der Waals surface area contributed by atoms with Gasteiger partial charge in [0.1, 0.15) is 5.75 Å². The second-order valence-electron chi connectivity index (χ2n) is 5.09. The number of benzene rings is 1. The van der Waals surface area contributed by atoms with Crippen LogP contribution in [-0.2, 0) is 20.7 Å². The van der Waals surface area contributed by atoms with E-state index in [1.165, 1.54) is 0 Å². The Hall–Kier alpha value is -2.08. The summed E-state index contributed by atoms with van der Waals surface area (Å²) < 4.78 is 10.2. The van der Waals surface area contributed by atoms with Crippen molar-refractivity contribution in [3.63, 3.8) is 0 Å². The van der Waals surface area contributed by atoms with Crippen LogP contribution >= 0.6 is 0 Å². The SMILES string of the molecule is COc1cccc(CCC(=O)NC2(C(=O)O)CCOC2)c1. The first-order valence-corrected chi connectivity index (χ1v) is 6.81. The van der Waals surface area contributed by atoms with Gasteiger partial charge < -0.3 is 19.9 Å². The quantitative estimate of drug-likeness (QED) is 0.817. The summed E-state index contributed by atoms with van der Waals surface area (Å²) in [5, 5.41) is 11.9. The number of nitrogens with one attached hydrogen (secondary N) is 1. The summed E-state index contributed by atoms with van der Waals surface area (Å²) in [4.78, 5) is 23.3. The largest absolute Gasteiger partial charge is 0.497 e. The van der Waals surface area contributed by atoms with Gasteiger partial charge in [-0.3, -0.25) is 4.79 Å². The lowest BCUT2D eigenvalue weighted by atomic mass is 9.98. The van der Waals surface area contributed by atoms with E-state index in [1.54, 1.807) is 7.11 Å². The van der Waals surface area contributed by atoms with Crippen LogP contribution in [0.1, 0.15) is 18.4 Å². The molecule has 0 aliphatic carbocycles. The molecule has 21 heavy (non-hydrogen) atoms. The Bertz CT molecular complexity index is 523. The molecule has 6 nitrogen and oxygen atoms in total. The molecule has 1 saturated heterocycles. The fourth-order valence-electron chi connectivity index (χ4n) is 2.30. The van der Waals surface area contributed by atoms with Gasteiger partial charge in [-0.1, -0.05) is 12.1 Å². The Morgan fingerprint density at radius 1 is 1.48 bits per heavy atom. The average Bonchev–Trinajstić information content (AvgIpc) is 2.95. The Labute approximate surface area is 123 Å². The minimum absolute atomic E-state index is 0.0211. The van der Waals surface area contributed by atoms with Gasteiger partial charge in [0, 0.05) is 19.4 Å². The lowest BCUT2D eigenvalue weighted by molar-refractivity contribution is -0.147. The standard InChI is InChI=1S/C15H19NO5/c1-20-12-4-2-3-11(9-12)5-6-13(17)16-15(14(18)19)7-8-21-10-15/h2-4,9H,5-8,10H2,1H3,(H,16,17)(H,18,19). The molecule has 1 aromatic carbocycles. The zero-order valence-electron chi connectivity index (χ0n) is 11.9. The molecule has 1 heterocycles. The van der Waals surface area contributed by atoms with Crippen LogP contribution < -0.4 is 10.1 Å². The molecule has 0 radical (unpaired) electrons. The van der Waals surface area contributed by atoms with E-state index in [-0.39, 0.29) is 18.9 Å². The summed E-state index contributed by atoms with van der Waals surface area (Å²) in [6.45, 7) is 0.371. The first-order chi connectivity index (χ1) is 10.1. The van der Waals surface area contributed by atoms with Crippen molar-refractivity contribution in [1.82, 2.24) is 5.32 Å². The molecule has 1 atom stereocenters. The van der Waals surface area contributed by atoms with Crippen molar-refractivity contribution in [2.75, 3.05) is 20.3 Å². The third-order valence-electron chi connectivity index (χ3n) is 3.58. The highest BCUT2D eigenvalue weighted by atomic mass is 16.5. The Kier molecular flexibility index (Phi) is 4.80. The van der Waals surface area contributed by atoms with Gasteiger partial charge in [0.05, 0.1) is 13.7 Å². The second kappa shape index (κ2) is 6.58. The second-order valence-corrected chi connectivity index (χ2v) is 5.09. The maximum absolute atomic E-state index is 12.0. The molecule has 1 unspecified atom stereocenters. The van der Waals surface area contributed by atoms with Gasteiger partial charge in [-0.2, -0.15) is 0 Å². The summed E-state index contributed by atoms with van der Waals surface area (Å²) in [5.74, 6) is -0.598. The Morgan fingerprint density at radius 2 is 2.29 bits per heavy atom. The normalized spacial score (nSPS) is 21.0.